The summed E-state index contributed by atoms with van der Waals surface area (Å²) in [6, 6.07) is 5.13. The summed E-state index contributed by atoms with van der Waals surface area (Å²) < 4.78 is 0. The highest BCUT2D eigenvalue weighted by atomic mass is 16.3. The number of carbonyl (C=O) groups excluding carboxylic acids is 1. The number of rotatable bonds is 1. The predicted molar refractivity (Wildman–Crippen MR) is 71.0 cm³/mol. The van der Waals surface area contributed by atoms with E-state index in [1.807, 2.05) is 0 Å². The Morgan fingerprint density at radius 2 is 2.11 bits per heavy atom. The van der Waals surface area contributed by atoms with Gasteiger partial charge in [-0.3, -0.25) is 4.79 Å². The molecule has 2 N–H and O–H groups in total. The lowest BCUT2D eigenvalue weighted by Crippen LogP contribution is -2.58. The van der Waals surface area contributed by atoms with Gasteiger partial charge < -0.3 is 15.3 Å². The van der Waals surface area contributed by atoms with Crippen molar-refractivity contribution in [2.24, 2.45) is 0 Å². The fourth-order valence-electron chi connectivity index (χ4n) is 3.37. The molecule has 0 atom stereocenters. The van der Waals surface area contributed by atoms with Gasteiger partial charge in [-0.2, -0.15) is 0 Å². The first-order valence-corrected chi connectivity index (χ1v) is 6.59. The Kier molecular flexibility index (Phi) is 2.47. The number of phenols is 1. The molecule has 0 aromatic heterocycles. The number of amides is 1. The van der Waals surface area contributed by atoms with Crippen molar-refractivity contribution in [3.8, 4) is 5.75 Å². The van der Waals surface area contributed by atoms with Crippen molar-refractivity contribution in [3.05, 3.63) is 18.2 Å². The molecule has 96 valence electrons. The number of likely N-dealkylation sites (N-methyl/N-ethyl adjacent to an activating group) is 1. The second kappa shape index (κ2) is 3.90. The number of nitrogens with one attached hydrogen (secondary N) is 1. The number of hydrogen-bond donors (Lipinski definition) is 2. The van der Waals surface area contributed by atoms with E-state index < -0.39 is 5.54 Å². The fourth-order valence-corrected chi connectivity index (χ4v) is 3.37. The Morgan fingerprint density at radius 1 is 1.39 bits per heavy atom. The van der Waals surface area contributed by atoms with Crippen molar-refractivity contribution in [1.82, 2.24) is 0 Å². The van der Waals surface area contributed by atoms with Gasteiger partial charge in [0.25, 0.3) is 0 Å². The summed E-state index contributed by atoms with van der Waals surface area (Å²) in [4.78, 5) is 14.6. The summed E-state index contributed by atoms with van der Waals surface area (Å²) in [5, 5.41) is 12.7. The smallest absolute Gasteiger partial charge is 0.250 e. The lowest BCUT2D eigenvalue weighted by Gasteiger charge is -2.45. The van der Waals surface area contributed by atoms with Crippen LogP contribution in [0.25, 0.3) is 0 Å². The summed E-state index contributed by atoms with van der Waals surface area (Å²) in [6.45, 7) is 2.84. The van der Waals surface area contributed by atoms with Gasteiger partial charge in [-0.1, -0.05) is 12.8 Å². The second-order valence-corrected chi connectivity index (χ2v) is 5.14. The van der Waals surface area contributed by atoms with Crippen LogP contribution in [-0.2, 0) is 4.79 Å². The molecule has 18 heavy (non-hydrogen) atoms. The summed E-state index contributed by atoms with van der Waals surface area (Å²) in [6.07, 6.45) is 4.00. The van der Waals surface area contributed by atoms with Gasteiger partial charge in [0.15, 0.2) is 0 Å². The Bertz CT molecular complexity index is 493. The lowest BCUT2D eigenvalue weighted by atomic mass is 9.90. The largest absolute Gasteiger partial charge is 0.508 e. The van der Waals surface area contributed by atoms with Crippen LogP contribution in [0.5, 0.6) is 5.75 Å². The maximum atomic E-state index is 12.4. The minimum Gasteiger partial charge on any atom is -0.508 e. The topological polar surface area (TPSA) is 52.6 Å². The number of hydrogen-bond acceptors (Lipinski definition) is 3. The van der Waals surface area contributed by atoms with E-state index in [-0.39, 0.29) is 11.7 Å². The molecule has 4 nitrogen and oxygen atoms in total. The minimum atomic E-state index is -0.393. The molecule has 0 bridgehead atoms. The van der Waals surface area contributed by atoms with Crippen molar-refractivity contribution in [3.63, 3.8) is 0 Å². The molecule has 1 amide bonds. The van der Waals surface area contributed by atoms with E-state index in [4.69, 9.17) is 0 Å². The molecule has 3 rings (SSSR count). The zero-order valence-electron chi connectivity index (χ0n) is 10.6. The van der Waals surface area contributed by atoms with E-state index in [9.17, 15) is 9.90 Å². The molecular weight excluding hydrogens is 228 g/mol. The second-order valence-electron chi connectivity index (χ2n) is 5.14. The van der Waals surface area contributed by atoms with Gasteiger partial charge in [0.1, 0.15) is 11.3 Å². The molecule has 2 aliphatic rings. The zero-order chi connectivity index (χ0) is 12.8. The third-order valence-corrected chi connectivity index (χ3v) is 4.21. The van der Waals surface area contributed by atoms with Gasteiger partial charge in [-0.15, -0.1) is 0 Å². The van der Waals surface area contributed by atoms with Crippen LogP contribution < -0.4 is 10.2 Å². The molecule has 0 saturated heterocycles. The van der Waals surface area contributed by atoms with Gasteiger partial charge in [0, 0.05) is 12.6 Å². The van der Waals surface area contributed by atoms with Crippen LogP contribution in [0.4, 0.5) is 11.4 Å². The lowest BCUT2D eigenvalue weighted by molar-refractivity contribution is -0.121. The number of phenolic OH excluding ortho intramolecular Hbond substituents is 1. The van der Waals surface area contributed by atoms with Crippen molar-refractivity contribution in [2.45, 2.75) is 38.1 Å². The van der Waals surface area contributed by atoms with Gasteiger partial charge in [-0.05, 0) is 31.9 Å². The van der Waals surface area contributed by atoms with Gasteiger partial charge in [0.2, 0.25) is 5.91 Å². The highest BCUT2D eigenvalue weighted by molar-refractivity contribution is 6.07. The number of nitrogens with zero attached hydrogens (tertiary/aromatic N) is 1. The highest BCUT2D eigenvalue weighted by Crippen LogP contribution is 2.45. The first-order chi connectivity index (χ1) is 8.67. The van der Waals surface area contributed by atoms with E-state index in [2.05, 4.69) is 17.1 Å². The van der Waals surface area contributed by atoms with Crippen LogP contribution >= 0.6 is 0 Å². The van der Waals surface area contributed by atoms with Crippen LogP contribution in [0.15, 0.2) is 18.2 Å². The molecule has 1 spiro atoms. The van der Waals surface area contributed by atoms with E-state index >= 15 is 0 Å². The molecule has 0 unspecified atom stereocenters. The SMILES string of the molecule is CCN1c2cc(O)ccc2NC(=O)C12CCCC2. The predicted octanol–water partition coefficient (Wildman–Crippen LogP) is 2.48. The molecule has 1 heterocycles. The summed E-state index contributed by atoms with van der Waals surface area (Å²) >= 11 is 0. The molecule has 1 aliphatic heterocycles. The number of benzene rings is 1. The Hall–Kier alpha value is -1.71. The van der Waals surface area contributed by atoms with E-state index in [0.717, 1.165) is 43.6 Å². The summed E-state index contributed by atoms with van der Waals surface area (Å²) in [5.74, 6) is 0.358. The summed E-state index contributed by atoms with van der Waals surface area (Å²) in [7, 11) is 0. The van der Waals surface area contributed by atoms with Crippen LogP contribution in [0, 0.1) is 0 Å². The first-order valence-electron chi connectivity index (χ1n) is 6.59. The van der Waals surface area contributed by atoms with Gasteiger partial charge in [0.05, 0.1) is 11.4 Å². The Morgan fingerprint density at radius 3 is 2.78 bits per heavy atom. The molecule has 1 aromatic carbocycles. The molecule has 1 aliphatic carbocycles. The summed E-state index contributed by atoms with van der Waals surface area (Å²) in [5.41, 5.74) is 1.35. The van der Waals surface area contributed by atoms with E-state index in [1.54, 1.807) is 18.2 Å². The highest BCUT2D eigenvalue weighted by Gasteiger charge is 2.49. The van der Waals surface area contributed by atoms with Crippen molar-refractivity contribution in [1.29, 1.82) is 0 Å². The number of fused-ring (bicyclic) bond motifs is 1. The molecule has 1 fully saturated rings. The van der Waals surface area contributed by atoms with Crippen molar-refractivity contribution < 1.29 is 9.90 Å². The normalized spacial score (nSPS) is 20.9. The molecular formula is C14H18N2O2. The molecule has 1 aromatic rings. The van der Waals surface area contributed by atoms with E-state index in [0.29, 0.717) is 0 Å². The molecule has 0 radical (unpaired) electrons. The zero-order valence-corrected chi connectivity index (χ0v) is 10.6. The van der Waals surface area contributed by atoms with Crippen molar-refractivity contribution in [2.75, 3.05) is 16.8 Å². The Balaban J connectivity index is 2.13. The number of carbonyl (C=O) groups is 1. The van der Waals surface area contributed by atoms with Crippen molar-refractivity contribution >= 4 is 17.3 Å². The van der Waals surface area contributed by atoms with Crippen LogP contribution in [-0.4, -0.2) is 23.1 Å². The monoisotopic (exact) mass is 246 g/mol. The first kappa shape index (κ1) is 11.4. The average molecular weight is 246 g/mol. The van der Waals surface area contributed by atoms with E-state index in [1.165, 1.54) is 0 Å². The maximum Gasteiger partial charge on any atom is 0.250 e. The minimum absolute atomic E-state index is 0.111. The number of anilines is 2. The number of aromatic hydroxyl groups is 1. The average Bonchev–Trinajstić information content (AvgIpc) is 2.82. The fraction of sp³-hybridized carbons (Fsp3) is 0.500. The Labute approximate surface area is 107 Å². The molecule has 4 heteroatoms. The maximum absolute atomic E-state index is 12.4. The third-order valence-electron chi connectivity index (χ3n) is 4.21. The standard InChI is InChI=1S/C14H18N2O2/c1-2-16-12-9-10(17)5-6-11(12)15-13(18)14(16)7-3-4-8-14/h5-6,9,17H,2-4,7-8H2,1H3,(H,15,18). The molecule has 1 saturated carbocycles. The van der Waals surface area contributed by atoms with Crippen LogP contribution in [0.1, 0.15) is 32.6 Å². The van der Waals surface area contributed by atoms with Crippen LogP contribution in [0.2, 0.25) is 0 Å². The quantitative estimate of drug-likeness (QED) is 0.748. The van der Waals surface area contributed by atoms with Gasteiger partial charge >= 0.3 is 0 Å². The van der Waals surface area contributed by atoms with Gasteiger partial charge in [-0.25, -0.2) is 0 Å². The van der Waals surface area contributed by atoms with Crippen LogP contribution in [0.3, 0.4) is 0 Å². The third kappa shape index (κ3) is 1.41.